The van der Waals surface area contributed by atoms with Gasteiger partial charge in [0, 0.05) is 50.5 Å². The SMILES string of the molecule is CN=C(NCc1cccnc1OCc1ccccc1)NCC1(CCO)CCOC1.I. The standard InChI is InChI=1S/C22H30N4O3.HI/c1-23-21(26-16-22(9-12-27)10-13-28-17-22)25-14-19-8-5-11-24-20(19)29-15-18-6-3-2-4-7-18;/h2-8,11,27H,9-10,12-17H2,1H3,(H2,23,25,26);1H. The molecule has 2 aromatic rings. The van der Waals surface area contributed by atoms with E-state index in [1.165, 1.54) is 0 Å². The van der Waals surface area contributed by atoms with Gasteiger partial charge in [-0.05, 0) is 24.5 Å². The van der Waals surface area contributed by atoms with Crippen molar-refractivity contribution in [3.05, 3.63) is 59.8 Å². The Labute approximate surface area is 195 Å². The number of rotatable bonds is 9. The summed E-state index contributed by atoms with van der Waals surface area (Å²) in [6.07, 6.45) is 3.39. The van der Waals surface area contributed by atoms with Crippen molar-refractivity contribution >= 4 is 29.9 Å². The molecular weight excluding hydrogens is 495 g/mol. The molecule has 0 radical (unpaired) electrons. The molecule has 0 saturated carbocycles. The monoisotopic (exact) mass is 526 g/mol. The number of nitrogens with one attached hydrogen (secondary N) is 2. The Morgan fingerprint density at radius 1 is 1.23 bits per heavy atom. The molecule has 7 nitrogen and oxygen atoms in total. The topological polar surface area (TPSA) is 88.0 Å². The van der Waals surface area contributed by atoms with Crippen molar-refractivity contribution < 1.29 is 14.6 Å². The minimum Gasteiger partial charge on any atom is -0.473 e. The molecule has 1 unspecified atom stereocenters. The van der Waals surface area contributed by atoms with Crippen LogP contribution in [0.5, 0.6) is 5.88 Å². The summed E-state index contributed by atoms with van der Waals surface area (Å²) >= 11 is 0. The van der Waals surface area contributed by atoms with Crippen molar-refractivity contribution in [1.82, 2.24) is 15.6 Å². The fraction of sp³-hybridized carbons (Fsp3) is 0.455. The number of nitrogens with zero attached hydrogens (tertiary/aromatic N) is 2. The van der Waals surface area contributed by atoms with E-state index < -0.39 is 0 Å². The Hall–Kier alpha value is -1.91. The van der Waals surface area contributed by atoms with Crippen LogP contribution in [0.1, 0.15) is 24.0 Å². The van der Waals surface area contributed by atoms with Crippen LogP contribution in [-0.4, -0.2) is 49.5 Å². The lowest BCUT2D eigenvalue weighted by Gasteiger charge is -2.27. The fourth-order valence-electron chi connectivity index (χ4n) is 3.40. The van der Waals surface area contributed by atoms with E-state index in [4.69, 9.17) is 9.47 Å². The van der Waals surface area contributed by atoms with Crippen LogP contribution in [0.4, 0.5) is 0 Å². The van der Waals surface area contributed by atoms with Crippen molar-refractivity contribution in [3.63, 3.8) is 0 Å². The van der Waals surface area contributed by atoms with Gasteiger partial charge in [0.2, 0.25) is 5.88 Å². The first kappa shape index (κ1) is 24.4. The number of hydrogen-bond donors (Lipinski definition) is 3. The molecule has 0 aliphatic carbocycles. The van der Waals surface area contributed by atoms with E-state index in [1.54, 1.807) is 13.2 Å². The molecule has 2 heterocycles. The molecule has 1 aliphatic rings. The van der Waals surface area contributed by atoms with Crippen LogP contribution in [0, 0.1) is 5.41 Å². The summed E-state index contributed by atoms with van der Waals surface area (Å²) in [5.41, 5.74) is 2.02. The number of halogens is 1. The first-order valence-electron chi connectivity index (χ1n) is 9.98. The number of pyridine rings is 1. The van der Waals surface area contributed by atoms with Crippen molar-refractivity contribution in [3.8, 4) is 5.88 Å². The maximum absolute atomic E-state index is 9.38. The summed E-state index contributed by atoms with van der Waals surface area (Å²) in [6.45, 7) is 3.29. The number of benzene rings is 1. The first-order chi connectivity index (χ1) is 14.2. The molecule has 0 bridgehead atoms. The van der Waals surface area contributed by atoms with Crippen LogP contribution in [-0.2, 0) is 17.9 Å². The van der Waals surface area contributed by atoms with E-state index in [-0.39, 0.29) is 36.0 Å². The summed E-state index contributed by atoms with van der Waals surface area (Å²) in [5.74, 6) is 1.31. The predicted molar refractivity (Wildman–Crippen MR) is 128 cm³/mol. The molecule has 1 fully saturated rings. The number of ether oxygens (including phenoxy) is 2. The highest BCUT2D eigenvalue weighted by atomic mass is 127. The van der Waals surface area contributed by atoms with Crippen molar-refractivity contribution in [2.24, 2.45) is 10.4 Å². The van der Waals surface area contributed by atoms with Gasteiger partial charge in [0.25, 0.3) is 0 Å². The number of aliphatic hydroxyl groups excluding tert-OH is 1. The van der Waals surface area contributed by atoms with Crippen molar-refractivity contribution in [2.45, 2.75) is 26.0 Å². The molecule has 1 atom stereocenters. The van der Waals surface area contributed by atoms with Gasteiger partial charge in [0.15, 0.2) is 5.96 Å². The zero-order chi connectivity index (χ0) is 20.4. The Bertz CT molecular complexity index is 783. The number of aliphatic imine (C=N–C) groups is 1. The van der Waals surface area contributed by atoms with Crippen LogP contribution in [0.15, 0.2) is 53.7 Å². The zero-order valence-corrected chi connectivity index (χ0v) is 19.7. The van der Waals surface area contributed by atoms with Crippen LogP contribution >= 0.6 is 24.0 Å². The average Bonchev–Trinajstić information content (AvgIpc) is 3.23. The second-order valence-electron chi connectivity index (χ2n) is 7.30. The van der Waals surface area contributed by atoms with Gasteiger partial charge in [-0.3, -0.25) is 4.99 Å². The molecule has 0 amide bonds. The second kappa shape index (κ2) is 12.7. The van der Waals surface area contributed by atoms with E-state index in [0.717, 1.165) is 30.6 Å². The van der Waals surface area contributed by atoms with E-state index in [9.17, 15) is 5.11 Å². The third-order valence-electron chi connectivity index (χ3n) is 5.20. The number of aliphatic hydroxyl groups is 1. The van der Waals surface area contributed by atoms with Crippen molar-refractivity contribution in [1.29, 1.82) is 0 Å². The van der Waals surface area contributed by atoms with E-state index in [2.05, 4.69) is 20.6 Å². The molecule has 1 aliphatic heterocycles. The zero-order valence-electron chi connectivity index (χ0n) is 17.3. The molecular formula is C22H31IN4O3. The number of hydrogen-bond acceptors (Lipinski definition) is 5. The highest BCUT2D eigenvalue weighted by Crippen LogP contribution is 2.31. The second-order valence-corrected chi connectivity index (χ2v) is 7.30. The molecule has 30 heavy (non-hydrogen) atoms. The Balaban J connectivity index is 0.00000320. The first-order valence-corrected chi connectivity index (χ1v) is 9.98. The third-order valence-corrected chi connectivity index (χ3v) is 5.20. The van der Waals surface area contributed by atoms with E-state index in [0.29, 0.717) is 38.1 Å². The number of guanidine groups is 1. The minimum absolute atomic E-state index is 0. The van der Waals surface area contributed by atoms with Gasteiger partial charge >= 0.3 is 0 Å². The van der Waals surface area contributed by atoms with Crippen LogP contribution in [0.2, 0.25) is 0 Å². The molecule has 8 heteroatoms. The third kappa shape index (κ3) is 7.10. The molecule has 3 N–H and O–H groups in total. The van der Waals surface area contributed by atoms with Gasteiger partial charge in [0.1, 0.15) is 6.61 Å². The summed E-state index contributed by atoms with van der Waals surface area (Å²) in [5, 5.41) is 16.1. The summed E-state index contributed by atoms with van der Waals surface area (Å²) < 4.78 is 11.5. The normalized spacial score (nSPS) is 18.5. The summed E-state index contributed by atoms with van der Waals surface area (Å²) in [7, 11) is 1.75. The highest BCUT2D eigenvalue weighted by molar-refractivity contribution is 14.0. The summed E-state index contributed by atoms with van der Waals surface area (Å²) in [6, 6.07) is 13.9. The van der Waals surface area contributed by atoms with E-state index in [1.807, 2.05) is 42.5 Å². The molecule has 1 aromatic heterocycles. The largest absolute Gasteiger partial charge is 0.473 e. The molecule has 164 valence electrons. The maximum atomic E-state index is 9.38. The van der Waals surface area contributed by atoms with Gasteiger partial charge in [-0.1, -0.05) is 36.4 Å². The highest BCUT2D eigenvalue weighted by Gasteiger charge is 2.34. The molecule has 3 rings (SSSR count). The molecule has 1 saturated heterocycles. The van der Waals surface area contributed by atoms with Crippen molar-refractivity contribution in [2.75, 3.05) is 33.4 Å². The van der Waals surface area contributed by atoms with Gasteiger partial charge in [-0.25, -0.2) is 4.98 Å². The van der Waals surface area contributed by atoms with Crippen LogP contribution in [0.25, 0.3) is 0 Å². The van der Waals surface area contributed by atoms with Gasteiger partial charge < -0.3 is 25.2 Å². The lowest BCUT2D eigenvalue weighted by molar-refractivity contribution is 0.127. The van der Waals surface area contributed by atoms with Gasteiger partial charge in [-0.2, -0.15) is 0 Å². The predicted octanol–water partition coefficient (Wildman–Crippen LogP) is 2.73. The lowest BCUT2D eigenvalue weighted by atomic mass is 9.84. The van der Waals surface area contributed by atoms with E-state index >= 15 is 0 Å². The Morgan fingerprint density at radius 2 is 2.07 bits per heavy atom. The lowest BCUT2D eigenvalue weighted by Crippen LogP contribution is -2.44. The maximum Gasteiger partial charge on any atom is 0.218 e. The quantitative estimate of drug-likeness (QED) is 0.265. The van der Waals surface area contributed by atoms with Crippen LogP contribution in [0.3, 0.4) is 0 Å². The average molecular weight is 526 g/mol. The Kier molecular flexibility index (Phi) is 10.3. The fourth-order valence-corrected chi connectivity index (χ4v) is 3.40. The van der Waals surface area contributed by atoms with Gasteiger partial charge in [-0.15, -0.1) is 24.0 Å². The number of aromatic nitrogens is 1. The minimum atomic E-state index is -0.0371. The molecule has 1 aromatic carbocycles. The van der Waals surface area contributed by atoms with Gasteiger partial charge in [0.05, 0.1) is 6.61 Å². The Morgan fingerprint density at radius 3 is 2.77 bits per heavy atom. The molecule has 0 spiro atoms. The smallest absolute Gasteiger partial charge is 0.218 e. The van der Waals surface area contributed by atoms with Crippen LogP contribution < -0.4 is 15.4 Å². The summed E-state index contributed by atoms with van der Waals surface area (Å²) in [4.78, 5) is 8.68.